The third-order valence-corrected chi connectivity index (χ3v) is 4.80. The second-order valence-electron chi connectivity index (χ2n) is 6.73. The Morgan fingerprint density at radius 3 is 2.96 bits per heavy atom. The highest BCUT2D eigenvalue weighted by molar-refractivity contribution is 5.35. The van der Waals surface area contributed by atoms with E-state index >= 15 is 0 Å². The standard InChI is InChI=1S/C18H21N3O2/c1-11-8-12(2-5-16(11)22)9-21-7-6-15-14(10-21)18(23)20-17(19-15)13-3-4-13/h2,5,8,13,22H,3-4,6-7,9-10H2,1H3,(H,19,20,23). The van der Waals surface area contributed by atoms with Gasteiger partial charge in [-0.1, -0.05) is 12.1 Å². The minimum Gasteiger partial charge on any atom is -0.508 e. The fourth-order valence-electron chi connectivity index (χ4n) is 3.26. The first-order valence-corrected chi connectivity index (χ1v) is 8.23. The van der Waals surface area contributed by atoms with Gasteiger partial charge >= 0.3 is 0 Å². The molecule has 0 saturated heterocycles. The summed E-state index contributed by atoms with van der Waals surface area (Å²) in [6, 6.07) is 5.68. The van der Waals surface area contributed by atoms with Gasteiger partial charge in [-0.25, -0.2) is 4.98 Å². The van der Waals surface area contributed by atoms with Gasteiger partial charge in [0.25, 0.3) is 5.56 Å². The van der Waals surface area contributed by atoms with Crippen molar-refractivity contribution in [1.29, 1.82) is 0 Å². The monoisotopic (exact) mass is 311 g/mol. The first kappa shape index (κ1) is 14.5. The topological polar surface area (TPSA) is 69.2 Å². The maximum atomic E-state index is 12.4. The van der Waals surface area contributed by atoms with Crippen molar-refractivity contribution < 1.29 is 5.11 Å². The molecule has 5 heteroatoms. The number of aryl methyl sites for hydroxylation is 1. The lowest BCUT2D eigenvalue weighted by atomic mass is 10.0. The van der Waals surface area contributed by atoms with Gasteiger partial charge in [0, 0.05) is 32.0 Å². The van der Waals surface area contributed by atoms with Crippen LogP contribution in [-0.2, 0) is 19.5 Å². The van der Waals surface area contributed by atoms with Gasteiger partial charge in [-0.05, 0) is 37.0 Å². The second-order valence-corrected chi connectivity index (χ2v) is 6.73. The number of benzene rings is 1. The molecule has 0 bridgehead atoms. The number of phenols is 1. The number of aromatic hydroxyl groups is 1. The molecular weight excluding hydrogens is 290 g/mol. The van der Waals surface area contributed by atoms with Gasteiger partial charge in [-0.2, -0.15) is 0 Å². The van der Waals surface area contributed by atoms with E-state index in [2.05, 4.69) is 14.9 Å². The fourth-order valence-corrected chi connectivity index (χ4v) is 3.26. The molecule has 2 aromatic rings. The first-order chi connectivity index (χ1) is 11.1. The fraction of sp³-hybridized carbons (Fsp3) is 0.444. The molecule has 1 aromatic heterocycles. The van der Waals surface area contributed by atoms with Crippen LogP contribution in [0.5, 0.6) is 5.75 Å². The molecule has 120 valence electrons. The Kier molecular flexibility index (Phi) is 3.45. The molecule has 23 heavy (non-hydrogen) atoms. The zero-order valence-corrected chi connectivity index (χ0v) is 13.3. The number of phenolic OH excluding ortho intramolecular Hbond substituents is 1. The molecule has 5 nitrogen and oxygen atoms in total. The quantitative estimate of drug-likeness (QED) is 0.912. The van der Waals surface area contributed by atoms with Crippen LogP contribution in [0.2, 0.25) is 0 Å². The summed E-state index contributed by atoms with van der Waals surface area (Å²) < 4.78 is 0. The summed E-state index contributed by atoms with van der Waals surface area (Å²) in [6.07, 6.45) is 3.12. The van der Waals surface area contributed by atoms with Crippen LogP contribution in [0.4, 0.5) is 0 Å². The summed E-state index contributed by atoms with van der Waals surface area (Å²) in [7, 11) is 0. The van der Waals surface area contributed by atoms with Crippen molar-refractivity contribution >= 4 is 0 Å². The van der Waals surface area contributed by atoms with Gasteiger partial charge in [0.2, 0.25) is 0 Å². The minimum atomic E-state index is 0.0310. The van der Waals surface area contributed by atoms with Crippen LogP contribution in [0.25, 0.3) is 0 Å². The minimum absolute atomic E-state index is 0.0310. The molecule has 1 aliphatic carbocycles. The third kappa shape index (κ3) is 2.88. The Labute approximate surface area is 135 Å². The van der Waals surface area contributed by atoms with E-state index in [1.165, 1.54) is 0 Å². The SMILES string of the molecule is Cc1cc(CN2CCc3nc(C4CC4)[nH]c(=O)c3C2)ccc1O. The summed E-state index contributed by atoms with van der Waals surface area (Å²) in [5, 5.41) is 9.62. The van der Waals surface area contributed by atoms with Crippen LogP contribution < -0.4 is 5.56 Å². The van der Waals surface area contributed by atoms with Crippen molar-refractivity contribution in [3.63, 3.8) is 0 Å². The van der Waals surface area contributed by atoms with Crippen LogP contribution in [0, 0.1) is 6.92 Å². The molecule has 0 atom stereocenters. The normalized spacial score (nSPS) is 18.0. The number of hydrogen-bond acceptors (Lipinski definition) is 4. The zero-order valence-electron chi connectivity index (χ0n) is 13.3. The third-order valence-electron chi connectivity index (χ3n) is 4.80. The van der Waals surface area contributed by atoms with E-state index < -0.39 is 0 Å². The van der Waals surface area contributed by atoms with E-state index in [9.17, 15) is 9.90 Å². The van der Waals surface area contributed by atoms with E-state index in [1.54, 1.807) is 6.07 Å². The molecule has 2 N–H and O–H groups in total. The van der Waals surface area contributed by atoms with Crippen molar-refractivity contribution in [2.24, 2.45) is 0 Å². The highest BCUT2D eigenvalue weighted by Gasteiger charge is 2.29. The summed E-state index contributed by atoms with van der Waals surface area (Å²) in [4.78, 5) is 22.3. The number of H-pyrrole nitrogens is 1. The zero-order chi connectivity index (χ0) is 16.0. The first-order valence-electron chi connectivity index (χ1n) is 8.23. The highest BCUT2D eigenvalue weighted by atomic mass is 16.3. The van der Waals surface area contributed by atoms with Gasteiger partial charge in [0.15, 0.2) is 0 Å². The lowest BCUT2D eigenvalue weighted by Gasteiger charge is -2.27. The smallest absolute Gasteiger partial charge is 0.255 e. The van der Waals surface area contributed by atoms with E-state index in [0.29, 0.717) is 18.2 Å². The average Bonchev–Trinajstić information content (AvgIpc) is 3.36. The van der Waals surface area contributed by atoms with E-state index in [4.69, 9.17) is 0 Å². The Bertz CT molecular complexity index is 808. The molecular formula is C18H21N3O2. The van der Waals surface area contributed by atoms with Crippen molar-refractivity contribution in [3.05, 3.63) is 56.8 Å². The lowest BCUT2D eigenvalue weighted by molar-refractivity contribution is 0.241. The van der Waals surface area contributed by atoms with Crippen LogP contribution in [0.3, 0.4) is 0 Å². The number of nitrogens with zero attached hydrogens (tertiary/aromatic N) is 2. The number of nitrogens with one attached hydrogen (secondary N) is 1. The predicted octanol–water partition coefficient (Wildman–Crippen LogP) is 2.22. The lowest BCUT2D eigenvalue weighted by Crippen LogP contribution is -2.35. The molecule has 0 radical (unpaired) electrons. The van der Waals surface area contributed by atoms with Gasteiger partial charge in [0.1, 0.15) is 11.6 Å². The van der Waals surface area contributed by atoms with Crippen LogP contribution in [0.15, 0.2) is 23.0 Å². The summed E-state index contributed by atoms with van der Waals surface area (Å²) in [6.45, 7) is 4.23. The molecule has 2 heterocycles. The van der Waals surface area contributed by atoms with Crippen molar-refractivity contribution in [1.82, 2.24) is 14.9 Å². The van der Waals surface area contributed by atoms with Gasteiger partial charge in [-0.15, -0.1) is 0 Å². The number of hydrogen-bond donors (Lipinski definition) is 2. The molecule has 1 saturated carbocycles. The van der Waals surface area contributed by atoms with Crippen LogP contribution in [-0.4, -0.2) is 26.5 Å². The number of fused-ring (bicyclic) bond motifs is 1. The van der Waals surface area contributed by atoms with Crippen LogP contribution >= 0.6 is 0 Å². The predicted molar refractivity (Wildman–Crippen MR) is 87.5 cm³/mol. The van der Waals surface area contributed by atoms with Gasteiger partial charge in [0.05, 0.1) is 11.3 Å². The Hall–Kier alpha value is -2.14. The Balaban J connectivity index is 1.54. The number of aromatic nitrogens is 2. The largest absolute Gasteiger partial charge is 0.508 e. The van der Waals surface area contributed by atoms with E-state index in [-0.39, 0.29) is 5.56 Å². The van der Waals surface area contributed by atoms with Crippen molar-refractivity contribution in [3.8, 4) is 5.75 Å². The van der Waals surface area contributed by atoms with Gasteiger partial charge in [-0.3, -0.25) is 9.69 Å². The molecule has 1 fully saturated rings. The van der Waals surface area contributed by atoms with E-state index in [1.807, 2.05) is 19.1 Å². The van der Waals surface area contributed by atoms with Crippen LogP contribution in [0.1, 0.15) is 47.0 Å². The molecule has 4 rings (SSSR count). The molecule has 0 spiro atoms. The second kappa shape index (κ2) is 5.49. The molecule has 1 aromatic carbocycles. The van der Waals surface area contributed by atoms with E-state index in [0.717, 1.165) is 60.6 Å². The van der Waals surface area contributed by atoms with Crippen molar-refractivity contribution in [2.75, 3.05) is 6.54 Å². The summed E-state index contributed by atoms with van der Waals surface area (Å²) >= 11 is 0. The number of aromatic amines is 1. The summed E-state index contributed by atoms with van der Waals surface area (Å²) in [5.41, 5.74) is 3.87. The van der Waals surface area contributed by atoms with Crippen molar-refractivity contribution in [2.45, 2.75) is 45.2 Å². The summed E-state index contributed by atoms with van der Waals surface area (Å²) in [5.74, 6) is 1.69. The average molecular weight is 311 g/mol. The molecule has 1 aliphatic heterocycles. The number of rotatable bonds is 3. The molecule has 2 aliphatic rings. The molecule has 0 unspecified atom stereocenters. The molecule has 0 amide bonds. The maximum absolute atomic E-state index is 12.4. The van der Waals surface area contributed by atoms with Gasteiger partial charge < -0.3 is 10.1 Å². The maximum Gasteiger partial charge on any atom is 0.255 e. The Morgan fingerprint density at radius 1 is 1.39 bits per heavy atom. The highest BCUT2D eigenvalue weighted by Crippen LogP contribution is 2.37. The Morgan fingerprint density at radius 2 is 2.22 bits per heavy atom.